The van der Waals surface area contributed by atoms with E-state index in [0.717, 1.165) is 30.9 Å². The molecule has 0 amide bonds. The van der Waals surface area contributed by atoms with Gasteiger partial charge in [-0.25, -0.2) is 0 Å². The molecule has 12 heavy (non-hydrogen) atoms. The van der Waals surface area contributed by atoms with Gasteiger partial charge in [-0.2, -0.15) is 0 Å². The van der Waals surface area contributed by atoms with Crippen LogP contribution < -0.4 is 0 Å². The SMILES string of the molecule is CCCOC1=C(C)N=CC=CC1. The fourth-order valence-electron chi connectivity index (χ4n) is 0.999. The van der Waals surface area contributed by atoms with Crippen LogP contribution in [0.25, 0.3) is 0 Å². The Bertz CT molecular complexity index is 226. The van der Waals surface area contributed by atoms with Crippen molar-refractivity contribution in [2.24, 2.45) is 4.99 Å². The van der Waals surface area contributed by atoms with E-state index in [-0.39, 0.29) is 0 Å². The van der Waals surface area contributed by atoms with Crippen LogP contribution in [0.2, 0.25) is 0 Å². The number of hydrogen-bond donors (Lipinski definition) is 0. The highest BCUT2D eigenvalue weighted by molar-refractivity contribution is 5.72. The first kappa shape index (κ1) is 9.04. The molecule has 0 aromatic carbocycles. The van der Waals surface area contributed by atoms with E-state index in [9.17, 15) is 0 Å². The van der Waals surface area contributed by atoms with Crippen LogP contribution in [0.15, 0.2) is 28.6 Å². The molecule has 0 aromatic heterocycles. The third-order valence-corrected chi connectivity index (χ3v) is 1.68. The van der Waals surface area contributed by atoms with E-state index in [2.05, 4.69) is 18.0 Å². The maximum Gasteiger partial charge on any atom is 0.121 e. The molecule has 1 heterocycles. The number of hydrogen-bond acceptors (Lipinski definition) is 2. The monoisotopic (exact) mass is 165 g/mol. The van der Waals surface area contributed by atoms with E-state index < -0.39 is 0 Å². The lowest BCUT2D eigenvalue weighted by Gasteiger charge is -2.08. The lowest BCUT2D eigenvalue weighted by molar-refractivity contribution is 0.204. The topological polar surface area (TPSA) is 21.6 Å². The van der Waals surface area contributed by atoms with Crippen molar-refractivity contribution in [1.29, 1.82) is 0 Å². The minimum absolute atomic E-state index is 0.788. The lowest BCUT2D eigenvalue weighted by atomic mass is 10.3. The average molecular weight is 165 g/mol. The zero-order valence-corrected chi connectivity index (χ0v) is 7.71. The molecule has 0 bridgehead atoms. The Hall–Kier alpha value is -1.05. The van der Waals surface area contributed by atoms with Gasteiger partial charge in [0.05, 0.1) is 12.3 Å². The summed E-state index contributed by atoms with van der Waals surface area (Å²) in [6.45, 7) is 4.87. The zero-order valence-electron chi connectivity index (χ0n) is 7.71. The summed E-state index contributed by atoms with van der Waals surface area (Å²) in [6, 6.07) is 0. The smallest absolute Gasteiger partial charge is 0.121 e. The van der Waals surface area contributed by atoms with Crippen molar-refractivity contribution in [3.8, 4) is 0 Å². The molecular formula is C10H15NO. The zero-order chi connectivity index (χ0) is 8.81. The van der Waals surface area contributed by atoms with Gasteiger partial charge in [-0.15, -0.1) is 0 Å². The Morgan fingerprint density at radius 3 is 3.17 bits per heavy atom. The van der Waals surface area contributed by atoms with E-state index in [1.807, 2.05) is 13.0 Å². The van der Waals surface area contributed by atoms with Crippen molar-refractivity contribution < 1.29 is 4.74 Å². The third kappa shape index (κ3) is 2.53. The fraction of sp³-hybridized carbons (Fsp3) is 0.500. The molecule has 1 rings (SSSR count). The predicted octanol–water partition coefficient (Wildman–Crippen LogP) is 2.68. The number of ether oxygens (including phenoxy) is 1. The third-order valence-electron chi connectivity index (χ3n) is 1.68. The van der Waals surface area contributed by atoms with Crippen LogP contribution in [0.3, 0.4) is 0 Å². The Morgan fingerprint density at radius 2 is 2.42 bits per heavy atom. The summed E-state index contributed by atoms with van der Waals surface area (Å²) in [5, 5.41) is 0. The second-order valence-corrected chi connectivity index (χ2v) is 2.77. The highest BCUT2D eigenvalue weighted by Gasteiger charge is 2.02. The van der Waals surface area contributed by atoms with Crippen LogP contribution in [0, 0.1) is 0 Å². The Balaban J connectivity index is 2.58. The largest absolute Gasteiger partial charge is 0.496 e. The predicted molar refractivity (Wildman–Crippen MR) is 51.2 cm³/mol. The van der Waals surface area contributed by atoms with Crippen LogP contribution in [0.5, 0.6) is 0 Å². The summed E-state index contributed by atoms with van der Waals surface area (Å²) < 4.78 is 5.54. The fourth-order valence-corrected chi connectivity index (χ4v) is 0.999. The number of allylic oxidation sites excluding steroid dienone is 3. The standard InChI is InChI=1S/C10H15NO/c1-3-8-12-10-6-4-5-7-11-9(10)2/h4-5,7H,3,6,8H2,1-2H3. The van der Waals surface area contributed by atoms with E-state index >= 15 is 0 Å². The summed E-state index contributed by atoms with van der Waals surface area (Å²) >= 11 is 0. The van der Waals surface area contributed by atoms with Gasteiger partial charge < -0.3 is 4.74 Å². The average Bonchev–Trinajstić information content (AvgIpc) is 2.27. The maximum atomic E-state index is 5.54. The molecule has 0 fully saturated rings. The second-order valence-electron chi connectivity index (χ2n) is 2.77. The molecule has 0 unspecified atom stereocenters. The van der Waals surface area contributed by atoms with E-state index in [1.54, 1.807) is 6.21 Å². The maximum absolute atomic E-state index is 5.54. The van der Waals surface area contributed by atoms with Crippen LogP contribution in [0.4, 0.5) is 0 Å². The van der Waals surface area contributed by atoms with Crippen LogP contribution >= 0.6 is 0 Å². The number of nitrogens with zero attached hydrogens (tertiary/aromatic N) is 1. The summed E-state index contributed by atoms with van der Waals surface area (Å²) in [5.41, 5.74) is 0.994. The van der Waals surface area contributed by atoms with Crippen molar-refractivity contribution in [1.82, 2.24) is 0 Å². The Morgan fingerprint density at radius 1 is 1.58 bits per heavy atom. The quantitative estimate of drug-likeness (QED) is 0.630. The molecule has 0 atom stereocenters. The van der Waals surface area contributed by atoms with Crippen molar-refractivity contribution in [3.63, 3.8) is 0 Å². The summed E-state index contributed by atoms with van der Waals surface area (Å²) in [5.74, 6) is 1.00. The first-order valence-corrected chi connectivity index (χ1v) is 4.36. The molecule has 0 aromatic rings. The highest BCUT2D eigenvalue weighted by atomic mass is 16.5. The highest BCUT2D eigenvalue weighted by Crippen LogP contribution is 2.14. The van der Waals surface area contributed by atoms with Gasteiger partial charge in [-0.3, -0.25) is 4.99 Å². The van der Waals surface area contributed by atoms with Gasteiger partial charge in [0.2, 0.25) is 0 Å². The van der Waals surface area contributed by atoms with Crippen molar-refractivity contribution >= 4 is 6.21 Å². The van der Waals surface area contributed by atoms with Gasteiger partial charge >= 0.3 is 0 Å². The molecule has 0 saturated carbocycles. The van der Waals surface area contributed by atoms with Gasteiger partial charge in [0.25, 0.3) is 0 Å². The first-order chi connectivity index (χ1) is 5.84. The van der Waals surface area contributed by atoms with Gasteiger partial charge in [0.15, 0.2) is 0 Å². The van der Waals surface area contributed by atoms with Gasteiger partial charge in [0, 0.05) is 12.6 Å². The summed E-state index contributed by atoms with van der Waals surface area (Å²) in [6.07, 6.45) is 7.73. The van der Waals surface area contributed by atoms with Crippen molar-refractivity contribution in [2.45, 2.75) is 26.7 Å². The van der Waals surface area contributed by atoms with Crippen LogP contribution in [-0.2, 0) is 4.74 Å². The van der Waals surface area contributed by atoms with E-state index in [1.165, 1.54) is 0 Å². The molecule has 2 heteroatoms. The second kappa shape index (κ2) is 4.75. The van der Waals surface area contributed by atoms with Gasteiger partial charge in [-0.05, 0) is 19.4 Å². The summed E-state index contributed by atoms with van der Waals surface area (Å²) in [4.78, 5) is 4.20. The molecule has 1 aliphatic heterocycles. The normalized spacial score (nSPS) is 16.5. The van der Waals surface area contributed by atoms with Crippen molar-refractivity contribution in [2.75, 3.05) is 6.61 Å². The molecule has 1 aliphatic rings. The van der Waals surface area contributed by atoms with E-state index in [4.69, 9.17) is 4.74 Å². The van der Waals surface area contributed by atoms with E-state index in [0.29, 0.717) is 0 Å². The minimum Gasteiger partial charge on any atom is -0.496 e. The molecular weight excluding hydrogens is 150 g/mol. The van der Waals surface area contributed by atoms with Crippen LogP contribution in [-0.4, -0.2) is 12.8 Å². The minimum atomic E-state index is 0.788. The molecule has 0 radical (unpaired) electrons. The molecule has 0 N–H and O–H groups in total. The van der Waals surface area contributed by atoms with Gasteiger partial charge in [0.1, 0.15) is 5.76 Å². The number of aliphatic imine (C=N–C) groups is 1. The molecule has 2 nitrogen and oxygen atoms in total. The Kier molecular flexibility index (Phi) is 3.58. The molecule has 66 valence electrons. The number of rotatable bonds is 3. The first-order valence-electron chi connectivity index (χ1n) is 4.36. The molecule has 0 saturated heterocycles. The lowest BCUT2D eigenvalue weighted by Crippen LogP contribution is -1.94. The molecule has 0 aliphatic carbocycles. The van der Waals surface area contributed by atoms with Crippen LogP contribution in [0.1, 0.15) is 26.7 Å². The Labute approximate surface area is 73.6 Å². The summed E-state index contributed by atoms with van der Waals surface area (Å²) in [7, 11) is 0. The van der Waals surface area contributed by atoms with Crippen molar-refractivity contribution in [3.05, 3.63) is 23.6 Å². The molecule has 0 spiro atoms. The van der Waals surface area contributed by atoms with Gasteiger partial charge in [-0.1, -0.05) is 13.0 Å².